The summed E-state index contributed by atoms with van der Waals surface area (Å²) in [4.78, 5) is 0. The molecule has 5 heavy (non-hydrogen) atoms. The average Bonchev–Trinajstić information content (AvgIpc) is 1.41. The van der Waals surface area contributed by atoms with E-state index in [0.29, 0.717) is 0 Å². The van der Waals surface area contributed by atoms with Crippen molar-refractivity contribution in [1.29, 1.82) is 0 Å². The minimum absolute atomic E-state index is 1.53. The Morgan fingerprint density at radius 2 is 2.60 bits per heavy atom. The number of rotatable bonds is 2. The zero-order valence-electron chi connectivity index (χ0n) is 3.19. The van der Waals surface area contributed by atoms with E-state index in [1.165, 1.54) is 11.9 Å². The van der Waals surface area contributed by atoms with Gasteiger partial charge in [-0.15, -0.1) is 0 Å². The highest BCUT2D eigenvalue weighted by Gasteiger charge is 1.54. The van der Waals surface area contributed by atoms with E-state index in [-0.39, 0.29) is 0 Å². The summed E-state index contributed by atoms with van der Waals surface area (Å²) in [5.41, 5.74) is 0. The Balaban J connectivity index is 2.40. The lowest BCUT2D eigenvalue weighted by atomic mass is 11.1. The molecule has 0 aromatic heterocycles. The maximum absolute atomic E-state index is 3.42. The highest BCUT2D eigenvalue weighted by molar-refractivity contribution is 7.96. The topological polar surface area (TPSA) is 12.0 Å². The van der Waals surface area contributed by atoms with Crippen molar-refractivity contribution in [3.8, 4) is 0 Å². The minimum atomic E-state index is 1.53. The molecule has 0 rings (SSSR count). The molecule has 0 aliphatic carbocycles. The summed E-state index contributed by atoms with van der Waals surface area (Å²) < 4.78 is 2.79. The van der Waals surface area contributed by atoms with Gasteiger partial charge in [0.2, 0.25) is 0 Å². The van der Waals surface area contributed by atoms with Crippen LogP contribution in [0.4, 0.5) is 0 Å². The molecule has 0 aliphatic heterocycles. The van der Waals surface area contributed by atoms with Gasteiger partial charge in [0.1, 0.15) is 0 Å². The number of nitrogens with one attached hydrogen (secondary N) is 1. The van der Waals surface area contributed by atoms with E-state index >= 15 is 0 Å². The van der Waals surface area contributed by atoms with Gasteiger partial charge >= 0.3 is 0 Å². The fraction of sp³-hybridized carbons (Fsp3) is 0.333. The van der Waals surface area contributed by atoms with E-state index in [4.69, 9.17) is 0 Å². The molecule has 30 valence electrons. The summed E-state index contributed by atoms with van der Waals surface area (Å²) >= 11 is 1.53. The predicted octanol–water partition coefficient (Wildman–Crippen LogP) is 0.998. The van der Waals surface area contributed by atoms with Gasteiger partial charge in [0.25, 0.3) is 0 Å². The standard InChI is InChI=1S/C3H7NS/c1-3-4-5-2/h3-4H,1H2,2H3. The summed E-state index contributed by atoms with van der Waals surface area (Å²) in [6, 6.07) is 0. The van der Waals surface area contributed by atoms with Gasteiger partial charge in [-0.3, -0.25) is 0 Å². The van der Waals surface area contributed by atoms with Crippen LogP contribution in [0.25, 0.3) is 0 Å². The van der Waals surface area contributed by atoms with E-state index in [9.17, 15) is 0 Å². The van der Waals surface area contributed by atoms with Crippen molar-refractivity contribution in [1.82, 2.24) is 4.72 Å². The summed E-state index contributed by atoms with van der Waals surface area (Å²) in [5.74, 6) is 0. The van der Waals surface area contributed by atoms with Crippen LogP contribution >= 0.6 is 11.9 Å². The van der Waals surface area contributed by atoms with E-state index in [1.54, 1.807) is 6.20 Å². The molecule has 0 radical (unpaired) electrons. The second kappa shape index (κ2) is 3.89. The maximum Gasteiger partial charge on any atom is 0.00161 e. The molecule has 0 heterocycles. The van der Waals surface area contributed by atoms with Crippen LogP contribution in [0, 0.1) is 0 Å². The zero-order chi connectivity index (χ0) is 4.12. The first-order chi connectivity index (χ1) is 2.41. The highest BCUT2D eigenvalue weighted by Crippen LogP contribution is 1.75. The molecule has 1 nitrogen and oxygen atoms in total. The molecule has 0 spiro atoms. The van der Waals surface area contributed by atoms with Gasteiger partial charge < -0.3 is 4.72 Å². The SMILES string of the molecule is C=CNSC. The van der Waals surface area contributed by atoms with Crippen LogP contribution in [0.1, 0.15) is 0 Å². The third kappa shape index (κ3) is 3.89. The maximum atomic E-state index is 3.42. The fourth-order valence-electron chi connectivity index (χ4n) is 0.0833. The van der Waals surface area contributed by atoms with Crippen molar-refractivity contribution in [2.75, 3.05) is 6.26 Å². The molecule has 2 heteroatoms. The molecule has 0 aromatic carbocycles. The van der Waals surface area contributed by atoms with Crippen LogP contribution < -0.4 is 4.72 Å². The smallest absolute Gasteiger partial charge is 0.00161 e. The van der Waals surface area contributed by atoms with Crippen molar-refractivity contribution < 1.29 is 0 Å². The third-order valence-electron chi connectivity index (χ3n) is 0.201. The Hall–Kier alpha value is -0.110. The molecule has 0 unspecified atom stereocenters. The first-order valence-corrected chi connectivity index (χ1v) is 2.53. The van der Waals surface area contributed by atoms with Crippen LogP contribution in [0.3, 0.4) is 0 Å². The van der Waals surface area contributed by atoms with Crippen molar-refractivity contribution in [3.05, 3.63) is 12.8 Å². The number of hydrogen-bond acceptors (Lipinski definition) is 2. The normalized spacial score (nSPS) is 6.60. The molecule has 1 N–H and O–H groups in total. The lowest BCUT2D eigenvalue weighted by Crippen LogP contribution is -1.83. The average molecular weight is 89.2 g/mol. The van der Waals surface area contributed by atoms with Gasteiger partial charge in [0.05, 0.1) is 0 Å². The van der Waals surface area contributed by atoms with Crippen LogP contribution in [-0.2, 0) is 0 Å². The molecule has 0 fully saturated rings. The van der Waals surface area contributed by atoms with Gasteiger partial charge in [0.15, 0.2) is 0 Å². The lowest BCUT2D eigenvalue weighted by Gasteiger charge is -1.82. The first-order valence-electron chi connectivity index (χ1n) is 1.31. The second-order valence-electron chi connectivity index (χ2n) is 0.526. The highest BCUT2D eigenvalue weighted by atomic mass is 32.2. The van der Waals surface area contributed by atoms with Gasteiger partial charge in [-0.25, -0.2) is 0 Å². The third-order valence-corrected chi connectivity index (χ3v) is 0.604. The first kappa shape index (κ1) is 4.89. The summed E-state index contributed by atoms with van der Waals surface area (Å²) in [6.07, 6.45) is 3.59. The van der Waals surface area contributed by atoms with Gasteiger partial charge in [-0.05, 0) is 0 Å². The Labute approximate surface area is 36.6 Å². The van der Waals surface area contributed by atoms with Crippen LogP contribution in [0.5, 0.6) is 0 Å². The summed E-state index contributed by atoms with van der Waals surface area (Å²) in [6.45, 7) is 3.42. The predicted molar refractivity (Wildman–Crippen MR) is 26.8 cm³/mol. The van der Waals surface area contributed by atoms with Gasteiger partial charge in [-0.1, -0.05) is 18.5 Å². The summed E-state index contributed by atoms with van der Waals surface area (Å²) in [5, 5.41) is 0. The van der Waals surface area contributed by atoms with Crippen LogP contribution in [0.15, 0.2) is 12.8 Å². The molecule has 0 atom stereocenters. The summed E-state index contributed by atoms with van der Waals surface area (Å²) in [7, 11) is 0. The monoisotopic (exact) mass is 89.0 g/mol. The Morgan fingerprint density at radius 3 is 2.60 bits per heavy atom. The Kier molecular flexibility index (Phi) is 3.80. The molecule has 0 amide bonds. The van der Waals surface area contributed by atoms with E-state index in [0.717, 1.165) is 0 Å². The van der Waals surface area contributed by atoms with Crippen molar-refractivity contribution in [2.24, 2.45) is 0 Å². The Morgan fingerprint density at radius 1 is 2.00 bits per heavy atom. The molecular weight excluding hydrogens is 82.1 g/mol. The molecule has 0 aliphatic rings. The van der Waals surface area contributed by atoms with E-state index < -0.39 is 0 Å². The van der Waals surface area contributed by atoms with Crippen molar-refractivity contribution in [2.45, 2.75) is 0 Å². The van der Waals surface area contributed by atoms with Crippen molar-refractivity contribution >= 4 is 11.9 Å². The van der Waals surface area contributed by atoms with Crippen LogP contribution in [0.2, 0.25) is 0 Å². The zero-order valence-corrected chi connectivity index (χ0v) is 4.01. The lowest BCUT2D eigenvalue weighted by molar-refractivity contribution is 1.44. The minimum Gasteiger partial charge on any atom is -0.337 e. The van der Waals surface area contributed by atoms with Crippen molar-refractivity contribution in [3.63, 3.8) is 0 Å². The fourth-order valence-corrected chi connectivity index (χ4v) is 0.250. The molecule has 0 aromatic rings. The quantitative estimate of drug-likeness (QED) is 0.506. The molecular formula is C3H7NS. The Bertz CT molecular complexity index is 28.1. The van der Waals surface area contributed by atoms with Gasteiger partial charge in [-0.2, -0.15) is 0 Å². The molecule has 0 saturated heterocycles. The second-order valence-corrected chi connectivity index (χ2v) is 1.17. The van der Waals surface area contributed by atoms with Gasteiger partial charge in [0, 0.05) is 12.5 Å². The van der Waals surface area contributed by atoms with E-state index in [2.05, 4.69) is 11.3 Å². The number of hydrogen-bond donors (Lipinski definition) is 1. The van der Waals surface area contributed by atoms with E-state index in [1.807, 2.05) is 6.26 Å². The van der Waals surface area contributed by atoms with Crippen LogP contribution in [-0.4, -0.2) is 6.26 Å². The largest absolute Gasteiger partial charge is 0.337 e. The molecule has 0 bridgehead atoms. The molecule has 0 saturated carbocycles.